The Bertz CT molecular complexity index is 872. The number of methoxy groups -OCH3 is 1. The van der Waals surface area contributed by atoms with E-state index in [4.69, 9.17) is 9.47 Å². The first-order valence-corrected chi connectivity index (χ1v) is 9.50. The number of esters is 2. The van der Waals surface area contributed by atoms with Crippen molar-refractivity contribution in [2.45, 2.75) is 46.0 Å². The van der Waals surface area contributed by atoms with Crippen LogP contribution in [0.5, 0.6) is 0 Å². The third-order valence-electron chi connectivity index (χ3n) is 4.78. The average molecular weight is 402 g/mol. The van der Waals surface area contributed by atoms with E-state index in [1.165, 1.54) is 25.3 Å². The molecule has 0 bridgehead atoms. The highest BCUT2D eigenvalue weighted by molar-refractivity contribution is 5.99. The fourth-order valence-corrected chi connectivity index (χ4v) is 3.39. The van der Waals surface area contributed by atoms with Gasteiger partial charge >= 0.3 is 11.9 Å². The molecular formula is C21H26N2O6. The Kier molecular flexibility index (Phi) is 7.52. The van der Waals surface area contributed by atoms with E-state index in [0.29, 0.717) is 17.0 Å². The van der Waals surface area contributed by atoms with Gasteiger partial charge in [-0.1, -0.05) is 31.9 Å². The number of unbranched alkanes of at least 4 members (excludes halogenated alkanes) is 2. The van der Waals surface area contributed by atoms with Gasteiger partial charge in [-0.3, -0.25) is 10.1 Å². The minimum Gasteiger partial charge on any atom is -0.466 e. The maximum absolute atomic E-state index is 12.9. The van der Waals surface area contributed by atoms with Crippen LogP contribution in [0.15, 0.2) is 46.8 Å². The Hall–Kier alpha value is -3.16. The van der Waals surface area contributed by atoms with E-state index < -0.39 is 22.8 Å². The summed E-state index contributed by atoms with van der Waals surface area (Å²) in [5.74, 6) is -2.01. The SMILES string of the molecule is CCCCCOC(=O)C1=C(C)NC(C)=C(C(=O)OC)[C@H]1c1cccc([N+](=O)[O-])c1. The van der Waals surface area contributed by atoms with Crippen LogP contribution in [0.2, 0.25) is 0 Å². The molecule has 0 saturated heterocycles. The van der Waals surface area contributed by atoms with Gasteiger partial charge < -0.3 is 14.8 Å². The number of rotatable bonds is 8. The number of non-ortho nitro benzene ring substituents is 1. The molecule has 0 spiro atoms. The highest BCUT2D eigenvalue weighted by Crippen LogP contribution is 2.40. The largest absolute Gasteiger partial charge is 0.466 e. The van der Waals surface area contributed by atoms with Crippen LogP contribution in [-0.4, -0.2) is 30.6 Å². The van der Waals surface area contributed by atoms with Gasteiger partial charge in [0.05, 0.1) is 35.7 Å². The molecule has 0 amide bonds. The summed E-state index contributed by atoms with van der Waals surface area (Å²) >= 11 is 0. The van der Waals surface area contributed by atoms with Crippen LogP contribution >= 0.6 is 0 Å². The molecule has 0 aliphatic carbocycles. The van der Waals surface area contributed by atoms with Crippen molar-refractivity contribution in [2.24, 2.45) is 0 Å². The van der Waals surface area contributed by atoms with Gasteiger partial charge in [-0.25, -0.2) is 9.59 Å². The fourth-order valence-electron chi connectivity index (χ4n) is 3.39. The molecule has 1 aromatic carbocycles. The molecule has 0 unspecified atom stereocenters. The maximum atomic E-state index is 12.9. The molecule has 156 valence electrons. The van der Waals surface area contributed by atoms with E-state index in [1.54, 1.807) is 19.9 Å². The van der Waals surface area contributed by atoms with Crippen molar-refractivity contribution in [1.29, 1.82) is 0 Å². The Morgan fingerprint density at radius 2 is 1.79 bits per heavy atom. The molecule has 2 rings (SSSR count). The zero-order chi connectivity index (χ0) is 21.6. The molecule has 1 N–H and O–H groups in total. The van der Waals surface area contributed by atoms with Crippen LogP contribution in [-0.2, 0) is 19.1 Å². The summed E-state index contributed by atoms with van der Waals surface area (Å²) in [4.78, 5) is 36.2. The van der Waals surface area contributed by atoms with Gasteiger partial charge in [0.15, 0.2) is 0 Å². The fraction of sp³-hybridized carbons (Fsp3) is 0.429. The van der Waals surface area contributed by atoms with E-state index in [0.717, 1.165) is 19.3 Å². The Labute approximate surface area is 169 Å². The number of hydrogen-bond acceptors (Lipinski definition) is 7. The number of allylic oxidation sites excluding steroid dienone is 2. The van der Waals surface area contributed by atoms with E-state index in [2.05, 4.69) is 5.32 Å². The maximum Gasteiger partial charge on any atom is 0.336 e. The van der Waals surface area contributed by atoms with Crippen molar-refractivity contribution < 1.29 is 24.0 Å². The van der Waals surface area contributed by atoms with Crippen LogP contribution in [0.1, 0.15) is 51.5 Å². The second kappa shape index (κ2) is 9.86. The van der Waals surface area contributed by atoms with Gasteiger partial charge in [0.1, 0.15) is 0 Å². The van der Waals surface area contributed by atoms with Crippen LogP contribution in [0, 0.1) is 10.1 Å². The normalized spacial score (nSPS) is 16.3. The zero-order valence-electron chi connectivity index (χ0n) is 17.1. The number of hydrogen-bond donors (Lipinski definition) is 1. The monoisotopic (exact) mass is 402 g/mol. The smallest absolute Gasteiger partial charge is 0.336 e. The molecule has 1 aliphatic heterocycles. The van der Waals surface area contributed by atoms with Gasteiger partial charge in [-0.2, -0.15) is 0 Å². The number of nitro benzene ring substituents is 1. The molecule has 0 saturated carbocycles. The highest BCUT2D eigenvalue weighted by atomic mass is 16.6. The Morgan fingerprint density at radius 1 is 1.14 bits per heavy atom. The standard InChI is InChI=1S/C21H26N2O6/c1-5-6-7-11-29-21(25)18-14(3)22-13(2)17(20(24)28-4)19(18)15-9-8-10-16(12-15)23(26)27/h8-10,12,19,22H,5-7,11H2,1-4H3/t19-/m1/s1. The number of carbonyl (C=O) groups excluding carboxylic acids is 2. The van der Waals surface area contributed by atoms with Crippen molar-refractivity contribution in [3.8, 4) is 0 Å². The summed E-state index contributed by atoms with van der Waals surface area (Å²) in [5, 5.41) is 14.3. The molecule has 0 aromatic heterocycles. The zero-order valence-corrected chi connectivity index (χ0v) is 17.1. The predicted molar refractivity (Wildman–Crippen MR) is 107 cm³/mol. The molecule has 8 nitrogen and oxygen atoms in total. The van der Waals surface area contributed by atoms with Crippen molar-refractivity contribution >= 4 is 17.6 Å². The van der Waals surface area contributed by atoms with Gasteiger partial charge in [-0.05, 0) is 25.8 Å². The van der Waals surface area contributed by atoms with Crippen molar-refractivity contribution in [3.63, 3.8) is 0 Å². The Morgan fingerprint density at radius 3 is 2.38 bits per heavy atom. The molecule has 1 aliphatic rings. The molecule has 29 heavy (non-hydrogen) atoms. The van der Waals surface area contributed by atoms with Gasteiger partial charge in [0.25, 0.3) is 5.69 Å². The van der Waals surface area contributed by atoms with Crippen LogP contribution in [0.4, 0.5) is 5.69 Å². The predicted octanol–water partition coefficient (Wildman–Crippen LogP) is 3.74. The molecule has 0 fully saturated rings. The molecule has 8 heteroatoms. The van der Waals surface area contributed by atoms with Crippen molar-refractivity contribution in [2.75, 3.05) is 13.7 Å². The van der Waals surface area contributed by atoms with Crippen LogP contribution in [0.3, 0.4) is 0 Å². The van der Waals surface area contributed by atoms with E-state index in [1.807, 2.05) is 6.92 Å². The Balaban J connectivity index is 2.53. The van der Waals surface area contributed by atoms with E-state index in [-0.39, 0.29) is 23.4 Å². The minimum absolute atomic E-state index is 0.129. The van der Waals surface area contributed by atoms with E-state index in [9.17, 15) is 19.7 Å². The summed E-state index contributed by atoms with van der Waals surface area (Å²) in [6, 6.07) is 5.90. The summed E-state index contributed by atoms with van der Waals surface area (Å²) < 4.78 is 10.4. The number of nitrogens with zero attached hydrogens (tertiary/aromatic N) is 1. The molecule has 1 heterocycles. The number of dihydropyridines is 1. The molecule has 1 aromatic rings. The van der Waals surface area contributed by atoms with E-state index >= 15 is 0 Å². The summed E-state index contributed by atoms with van der Waals surface area (Å²) in [6.07, 6.45) is 2.66. The lowest BCUT2D eigenvalue weighted by molar-refractivity contribution is -0.384. The second-order valence-corrected chi connectivity index (χ2v) is 6.82. The molecule has 1 atom stereocenters. The number of carbonyl (C=O) groups is 2. The second-order valence-electron chi connectivity index (χ2n) is 6.82. The first-order valence-electron chi connectivity index (χ1n) is 9.50. The summed E-state index contributed by atoms with van der Waals surface area (Å²) in [7, 11) is 1.25. The number of nitro groups is 1. The lowest BCUT2D eigenvalue weighted by Gasteiger charge is -2.30. The minimum atomic E-state index is -0.831. The summed E-state index contributed by atoms with van der Waals surface area (Å²) in [6.45, 7) is 5.73. The quantitative estimate of drug-likeness (QED) is 0.305. The number of benzene rings is 1. The number of nitrogens with one attached hydrogen (secondary N) is 1. The van der Waals surface area contributed by atoms with Crippen molar-refractivity contribution in [1.82, 2.24) is 5.32 Å². The van der Waals surface area contributed by atoms with Gasteiger partial charge in [-0.15, -0.1) is 0 Å². The molecular weight excluding hydrogens is 376 g/mol. The van der Waals surface area contributed by atoms with Crippen LogP contribution < -0.4 is 5.32 Å². The topological polar surface area (TPSA) is 108 Å². The first-order chi connectivity index (χ1) is 13.8. The van der Waals surface area contributed by atoms with Gasteiger partial charge in [0, 0.05) is 23.5 Å². The summed E-state index contributed by atoms with van der Waals surface area (Å²) in [5.41, 5.74) is 1.84. The molecule has 0 radical (unpaired) electrons. The first kappa shape index (κ1) is 22.1. The van der Waals surface area contributed by atoms with Crippen LogP contribution in [0.25, 0.3) is 0 Å². The van der Waals surface area contributed by atoms with Gasteiger partial charge in [0.2, 0.25) is 0 Å². The third kappa shape index (κ3) is 5.01. The van der Waals surface area contributed by atoms with Crippen molar-refractivity contribution in [3.05, 3.63) is 62.5 Å². The third-order valence-corrected chi connectivity index (χ3v) is 4.78. The lowest BCUT2D eigenvalue weighted by atomic mass is 9.80. The average Bonchev–Trinajstić information content (AvgIpc) is 2.70. The highest BCUT2D eigenvalue weighted by Gasteiger charge is 2.38. The lowest BCUT2D eigenvalue weighted by Crippen LogP contribution is -2.32. The number of ether oxygens (including phenoxy) is 2.